The number of primary amides is 1. The van der Waals surface area contributed by atoms with Crippen LogP contribution in [0.4, 0.5) is 5.69 Å². The van der Waals surface area contributed by atoms with E-state index in [0.717, 1.165) is 43.8 Å². The van der Waals surface area contributed by atoms with Crippen LogP contribution >= 0.6 is 0 Å². The van der Waals surface area contributed by atoms with E-state index in [1.807, 2.05) is 23.9 Å². The highest BCUT2D eigenvalue weighted by molar-refractivity contribution is 6.08. The van der Waals surface area contributed by atoms with Gasteiger partial charge in [0.15, 0.2) is 0 Å². The number of piperazine rings is 1. The lowest BCUT2D eigenvalue weighted by Gasteiger charge is -2.30. The number of aryl methyl sites for hydroxylation is 1. The molecular weight excluding hydrogens is 254 g/mol. The predicted octanol–water partition coefficient (Wildman–Crippen LogP) is 0.565. The summed E-state index contributed by atoms with van der Waals surface area (Å²) in [6.07, 6.45) is 2.00. The van der Waals surface area contributed by atoms with Crippen molar-refractivity contribution < 1.29 is 4.79 Å². The first-order valence-electron chi connectivity index (χ1n) is 6.96. The van der Waals surface area contributed by atoms with Crippen LogP contribution in [-0.4, -0.2) is 41.9 Å². The summed E-state index contributed by atoms with van der Waals surface area (Å²) in [6.45, 7) is 6.67. The molecule has 6 heteroatoms. The normalized spacial score (nSPS) is 15.8. The fraction of sp³-hybridized carbons (Fsp3) is 0.429. The highest BCUT2D eigenvalue weighted by Gasteiger charge is 2.18. The molecule has 6 nitrogen and oxygen atoms in total. The zero-order valence-electron chi connectivity index (χ0n) is 11.6. The first kappa shape index (κ1) is 12.9. The lowest BCUT2D eigenvalue weighted by molar-refractivity contribution is 0.100. The molecule has 0 aliphatic carbocycles. The summed E-state index contributed by atoms with van der Waals surface area (Å²) in [5.74, 6) is -0.428. The van der Waals surface area contributed by atoms with Crippen molar-refractivity contribution in [2.24, 2.45) is 5.73 Å². The molecule has 0 spiro atoms. The molecule has 1 aromatic carbocycles. The summed E-state index contributed by atoms with van der Waals surface area (Å²) in [5.41, 5.74) is 7.77. The smallest absolute Gasteiger partial charge is 0.250 e. The number of nitrogens with one attached hydrogen (secondary N) is 1. The van der Waals surface area contributed by atoms with Gasteiger partial charge in [-0.3, -0.25) is 9.48 Å². The van der Waals surface area contributed by atoms with Crippen molar-refractivity contribution in [1.29, 1.82) is 0 Å². The summed E-state index contributed by atoms with van der Waals surface area (Å²) in [5, 5.41) is 8.83. The van der Waals surface area contributed by atoms with E-state index in [1.54, 1.807) is 6.07 Å². The third-order valence-corrected chi connectivity index (χ3v) is 3.75. The molecule has 0 unspecified atom stereocenters. The van der Waals surface area contributed by atoms with Gasteiger partial charge in [0.1, 0.15) is 5.52 Å². The van der Waals surface area contributed by atoms with Crippen molar-refractivity contribution in [2.75, 3.05) is 31.1 Å². The maximum absolute atomic E-state index is 11.5. The Balaban J connectivity index is 2.15. The van der Waals surface area contributed by atoms with Crippen LogP contribution in [-0.2, 0) is 6.54 Å². The molecule has 1 fully saturated rings. The lowest BCUT2D eigenvalue weighted by Crippen LogP contribution is -2.43. The molecule has 3 N–H and O–H groups in total. The Morgan fingerprint density at radius 2 is 2.15 bits per heavy atom. The average Bonchev–Trinajstić information content (AvgIpc) is 2.90. The standard InChI is InChI=1S/C14H19N5O/c1-2-19-9-11-12(18-7-5-16-6-8-18)4-3-10(14(15)20)13(11)17-19/h3-4,9,16H,2,5-8H2,1H3,(H2,15,20). The second kappa shape index (κ2) is 5.13. The van der Waals surface area contributed by atoms with Gasteiger partial charge in [0.25, 0.3) is 5.91 Å². The van der Waals surface area contributed by atoms with Gasteiger partial charge in [0.2, 0.25) is 0 Å². The Labute approximate surface area is 117 Å². The SMILES string of the molecule is CCn1cc2c(N3CCNCC3)ccc(C(N)=O)c2n1. The zero-order valence-corrected chi connectivity index (χ0v) is 11.6. The molecule has 106 valence electrons. The van der Waals surface area contributed by atoms with Crippen molar-refractivity contribution >= 4 is 22.5 Å². The number of hydrogen-bond acceptors (Lipinski definition) is 4. The minimum atomic E-state index is -0.428. The topological polar surface area (TPSA) is 76.2 Å². The van der Waals surface area contributed by atoms with Gasteiger partial charge < -0.3 is 16.0 Å². The fourth-order valence-electron chi connectivity index (χ4n) is 2.68. The molecule has 0 bridgehead atoms. The molecule has 2 heterocycles. The van der Waals surface area contributed by atoms with E-state index >= 15 is 0 Å². The predicted molar refractivity (Wildman–Crippen MR) is 79.0 cm³/mol. The third-order valence-electron chi connectivity index (χ3n) is 3.75. The average molecular weight is 273 g/mol. The number of nitrogens with two attached hydrogens (primary N) is 1. The Kier molecular flexibility index (Phi) is 3.31. The number of benzene rings is 1. The van der Waals surface area contributed by atoms with Crippen molar-refractivity contribution in [3.8, 4) is 0 Å². The molecule has 1 aromatic heterocycles. The summed E-state index contributed by atoms with van der Waals surface area (Å²) < 4.78 is 1.85. The van der Waals surface area contributed by atoms with E-state index in [-0.39, 0.29) is 0 Å². The molecule has 20 heavy (non-hydrogen) atoms. The van der Waals surface area contributed by atoms with Crippen LogP contribution in [0.3, 0.4) is 0 Å². The molecule has 0 radical (unpaired) electrons. The summed E-state index contributed by atoms with van der Waals surface area (Å²) in [6, 6.07) is 3.77. The van der Waals surface area contributed by atoms with E-state index in [4.69, 9.17) is 5.73 Å². The second-order valence-corrected chi connectivity index (χ2v) is 4.98. The van der Waals surface area contributed by atoms with E-state index in [0.29, 0.717) is 11.1 Å². The van der Waals surface area contributed by atoms with Gasteiger partial charge in [0, 0.05) is 50.0 Å². The number of hydrogen-bond donors (Lipinski definition) is 2. The number of nitrogens with zero attached hydrogens (tertiary/aromatic N) is 3. The Morgan fingerprint density at radius 1 is 1.40 bits per heavy atom. The van der Waals surface area contributed by atoms with Gasteiger partial charge in [-0.1, -0.05) is 0 Å². The highest BCUT2D eigenvalue weighted by Crippen LogP contribution is 2.29. The first-order chi connectivity index (χ1) is 9.70. The van der Waals surface area contributed by atoms with E-state index in [2.05, 4.69) is 15.3 Å². The molecular formula is C14H19N5O. The Hall–Kier alpha value is -2.08. The Bertz CT molecular complexity index is 642. The highest BCUT2D eigenvalue weighted by atomic mass is 16.1. The number of aromatic nitrogens is 2. The first-order valence-corrected chi connectivity index (χ1v) is 6.96. The maximum atomic E-state index is 11.5. The minimum absolute atomic E-state index is 0.428. The number of rotatable bonds is 3. The second-order valence-electron chi connectivity index (χ2n) is 4.98. The molecule has 1 aliphatic rings. The number of fused-ring (bicyclic) bond motifs is 1. The lowest BCUT2D eigenvalue weighted by atomic mass is 10.1. The van der Waals surface area contributed by atoms with Crippen LogP contribution in [0.15, 0.2) is 18.3 Å². The van der Waals surface area contributed by atoms with Crippen LogP contribution in [0, 0.1) is 0 Å². The largest absolute Gasteiger partial charge is 0.368 e. The summed E-state index contributed by atoms with van der Waals surface area (Å²) >= 11 is 0. The number of anilines is 1. The monoisotopic (exact) mass is 273 g/mol. The summed E-state index contributed by atoms with van der Waals surface area (Å²) in [4.78, 5) is 13.9. The van der Waals surface area contributed by atoms with Crippen LogP contribution in [0.2, 0.25) is 0 Å². The van der Waals surface area contributed by atoms with Gasteiger partial charge in [-0.05, 0) is 19.1 Å². The molecule has 3 rings (SSSR count). The van der Waals surface area contributed by atoms with Gasteiger partial charge in [0.05, 0.1) is 5.56 Å². The molecule has 0 atom stereocenters. The number of amides is 1. The molecule has 1 amide bonds. The quantitative estimate of drug-likeness (QED) is 0.857. The van der Waals surface area contributed by atoms with E-state index < -0.39 is 5.91 Å². The number of carbonyl (C=O) groups is 1. The summed E-state index contributed by atoms with van der Waals surface area (Å²) in [7, 11) is 0. The maximum Gasteiger partial charge on any atom is 0.250 e. The van der Waals surface area contributed by atoms with Crippen LogP contribution in [0.1, 0.15) is 17.3 Å². The van der Waals surface area contributed by atoms with E-state index in [1.165, 1.54) is 0 Å². The minimum Gasteiger partial charge on any atom is -0.368 e. The van der Waals surface area contributed by atoms with Crippen molar-refractivity contribution in [3.63, 3.8) is 0 Å². The van der Waals surface area contributed by atoms with Crippen molar-refractivity contribution in [1.82, 2.24) is 15.1 Å². The van der Waals surface area contributed by atoms with Gasteiger partial charge in [-0.2, -0.15) is 5.10 Å². The molecule has 2 aromatic rings. The molecule has 1 saturated heterocycles. The van der Waals surface area contributed by atoms with Crippen LogP contribution in [0.5, 0.6) is 0 Å². The van der Waals surface area contributed by atoms with Crippen molar-refractivity contribution in [3.05, 3.63) is 23.9 Å². The molecule has 0 saturated carbocycles. The van der Waals surface area contributed by atoms with E-state index in [9.17, 15) is 4.79 Å². The third kappa shape index (κ3) is 2.12. The fourth-order valence-corrected chi connectivity index (χ4v) is 2.68. The van der Waals surface area contributed by atoms with Crippen LogP contribution < -0.4 is 16.0 Å². The van der Waals surface area contributed by atoms with Crippen molar-refractivity contribution in [2.45, 2.75) is 13.5 Å². The van der Waals surface area contributed by atoms with Gasteiger partial charge in [-0.15, -0.1) is 0 Å². The molecule has 1 aliphatic heterocycles. The Morgan fingerprint density at radius 3 is 2.80 bits per heavy atom. The van der Waals surface area contributed by atoms with Crippen LogP contribution in [0.25, 0.3) is 10.9 Å². The van der Waals surface area contributed by atoms with Gasteiger partial charge >= 0.3 is 0 Å². The number of carbonyl (C=O) groups excluding carboxylic acids is 1. The van der Waals surface area contributed by atoms with Gasteiger partial charge in [-0.25, -0.2) is 0 Å². The zero-order chi connectivity index (χ0) is 14.1.